The van der Waals surface area contributed by atoms with Crippen molar-refractivity contribution in [1.29, 1.82) is 5.26 Å². The Morgan fingerprint density at radius 3 is 2.86 bits per heavy atom. The van der Waals surface area contributed by atoms with Crippen molar-refractivity contribution in [3.63, 3.8) is 0 Å². The average molecular weight is 396 g/mol. The molecule has 0 bridgehead atoms. The molecule has 0 N–H and O–H groups in total. The van der Waals surface area contributed by atoms with E-state index in [0.717, 1.165) is 43.0 Å². The zero-order valence-corrected chi connectivity index (χ0v) is 16.7. The second-order valence-electron chi connectivity index (χ2n) is 7.61. The lowest BCUT2D eigenvalue weighted by Gasteiger charge is -2.23. The minimum absolute atomic E-state index is 0.00668. The van der Waals surface area contributed by atoms with Crippen molar-refractivity contribution in [1.82, 2.24) is 24.1 Å². The number of hydrogen-bond acceptors (Lipinski definition) is 6. The number of imidazole rings is 1. The van der Waals surface area contributed by atoms with Crippen LogP contribution in [0.5, 0.6) is 0 Å². The number of aromatic nitrogens is 5. The second-order valence-corrected chi connectivity index (χ2v) is 9.54. The average Bonchev–Trinajstić information content (AvgIpc) is 3.26. The lowest BCUT2D eigenvalue weighted by molar-refractivity contribution is 0.490. The topological polar surface area (TPSA) is 106 Å². The highest BCUT2D eigenvalue weighted by Gasteiger charge is 2.27. The summed E-state index contributed by atoms with van der Waals surface area (Å²) in [6.07, 6.45) is 12.8. The maximum absolute atomic E-state index is 12.4. The Morgan fingerprint density at radius 2 is 2.18 bits per heavy atom. The molecule has 1 atom stereocenters. The molecule has 1 unspecified atom stereocenters. The molecule has 1 aliphatic heterocycles. The molecule has 0 aliphatic carbocycles. The van der Waals surface area contributed by atoms with Crippen molar-refractivity contribution in [3.05, 3.63) is 30.5 Å². The summed E-state index contributed by atoms with van der Waals surface area (Å²) in [5, 5.41) is 13.4. The summed E-state index contributed by atoms with van der Waals surface area (Å²) in [5.41, 5.74) is 2.66. The highest BCUT2D eigenvalue weighted by molar-refractivity contribution is 7.90. The first-order valence-electron chi connectivity index (χ1n) is 9.31. The summed E-state index contributed by atoms with van der Waals surface area (Å²) in [4.78, 5) is 8.78. The molecule has 1 fully saturated rings. The van der Waals surface area contributed by atoms with E-state index in [0.29, 0.717) is 23.7 Å². The molecule has 4 rings (SSSR count). The van der Waals surface area contributed by atoms with Gasteiger partial charge < -0.3 is 0 Å². The fourth-order valence-electron chi connectivity index (χ4n) is 4.01. The van der Waals surface area contributed by atoms with Gasteiger partial charge >= 0.3 is 0 Å². The van der Waals surface area contributed by atoms with Crippen molar-refractivity contribution >= 4 is 22.2 Å². The Hall–Kier alpha value is -2.67. The number of aryl methyl sites for hydroxylation is 1. The lowest BCUT2D eigenvalue weighted by atomic mass is 9.41. The summed E-state index contributed by atoms with van der Waals surface area (Å²) >= 11 is 0. The first-order chi connectivity index (χ1) is 13.3. The zero-order valence-electron chi connectivity index (χ0n) is 15.9. The Morgan fingerprint density at radius 1 is 1.36 bits per heavy atom. The smallest absolute Gasteiger partial charge is 0.268 e. The van der Waals surface area contributed by atoms with Gasteiger partial charge in [-0.1, -0.05) is 25.5 Å². The Kier molecular flexibility index (Phi) is 4.71. The standard InChI is InChI=1S/C18H21BN6O2S/c1-24-10-14(8-22-24)16-9-21-17-18(28(2,26)27)23-15(11-25(16)17)6-13-4-3-5-19(7-13)12-20/h8-11,13H,3-7H2,1-2H3. The van der Waals surface area contributed by atoms with E-state index in [1.54, 1.807) is 21.5 Å². The van der Waals surface area contributed by atoms with Gasteiger partial charge in [-0.3, -0.25) is 9.08 Å². The van der Waals surface area contributed by atoms with Crippen LogP contribution in [0.25, 0.3) is 16.9 Å². The highest BCUT2D eigenvalue weighted by atomic mass is 32.2. The van der Waals surface area contributed by atoms with Gasteiger partial charge in [0.25, 0.3) is 6.71 Å². The molecule has 3 aromatic rings. The van der Waals surface area contributed by atoms with Crippen LogP contribution in [-0.2, 0) is 23.3 Å². The molecule has 0 radical (unpaired) electrons. The molecule has 4 heterocycles. The van der Waals surface area contributed by atoms with Crippen LogP contribution < -0.4 is 0 Å². The van der Waals surface area contributed by atoms with Crippen molar-refractivity contribution in [2.75, 3.05) is 6.26 Å². The van der Waals surface area contributed by atoms with Gasteiger partial charge in [0.05, 0.1) is 23.8 Å². The van der Waals surface area contributed by atoms with Gasteiger partial charge in [0.15, 0.2) is 20.5 Å². The van der Waals surface area contributed by atoms with Crippen molar-refractivity contribution in [2.45, 2.75) is 36.9 Å². The van der Waals surface area contributed by atoms with Gasteiger partial charge in [-0.15, -0.1) is 0 Å². The number of fused-ring (bicyclic) bond motifs is 1. The summed E-state index contributed by atoms with van der Waals surface area (Å²) in [7, 11) is -1.71. The third-order valence-corrected chi connectivity index (χ3v) is 6.30. The van der Waals surface area contributed by atoms with E-state index in [4.69, 9.17) is 0 Å². The van der Waals surface area contributed by atoms with Crippen LogP contribution in [0.3, 0.4) is 0 Å². The predicted octanol–water partition coefficient (Wildman–Crippen LogP) is 2.04. The number of sulfone groups is 1. The normalized spacial score (nSPS) is 17.8. The largest absolute Gasteiger partial charge is 0.295 e. The predicted molar refractivity (Wildman–Crippen MR) is 106 cm³/mol. The van der Waals surface area contributed by atoms with E-state index in [2.05, 4.69) is 21.0 Å². The quantitative estimate of drug-likeness (QED) is 0.625. The van der Waals surface area contributed by atoms with Crippen molar-refractivity contribution < 1.29 is 8.42 Å². The fourth-order valence-corrected chi connectivity index (χ4v) is 4.78. The van der Waals surface area contributed by atoms with Gasteiger partial charge in [0, 0.05) is 37.2 Å². The van der Waals surface area contributed by atoms with Gasteiger partial charge in [-0.2, -0.15) is 5.10 Å². The monoisotopic (exact) mass is 396 g/mol. The number of rotatable bonds is 4. The van der Waals surface area contributed by atoms with Crippen LogP contribution in [0.1, 0.15) is 18.5 Å². The number of nitriles is 1. The molecule has 0 spiro atoms. The van der Waals surface area contributed by atoms with E-state index in [1.807, 2.05) is 19.4 Å². The molecular formula is C18H21BN6O2S. The molecule has 144 valence electrons. The molecular weight excluding hydrogens is 375 g/mol. The van der Waals surface area contributed by atoms with E-state index in [9.17, 15) is 13.7 Å². The van der Waals surface area contributed by atoms with Crippen LogP contribution in [0.4, 0.5) is 0 Å². The SMILES string of the molecule is Cn1cc(-c2cnc3c(S(C)(=O)=O)nc(CC4CCCB(C#N)C4)cn23)cn1. The van der Waals surface area contributed by atoms with Gasteiger partial charge in [0.2, 0.25) is 0 Å². The summed E-state index contributed by atoms with van der Waals surface area (Å²) < 4.78 is 28.2. The third-order valence-electron chi connectivity index (χ3n) is 5.33. The minimum atomic E-state index is -3.54. The van der Waals surface area contributed by atoms with Gasteiger partial charge in [0.1, 0.15) is 0 Å². The highest BCUT2D eigenvalue weighted by Crippen LogP contribution is 2.29. The van der Waals surface area contributed by atoms with Crippen LogP contribution in [0.15, 0.2) is 29.8 Å². The molecule has 0 amide bonds. The second kappa shape index (κ2) is 7.06. The maximum Gasteiger partial charge on any atom is 0.268 e. The Balaban J connectivity index is 1.80. The molecule has 28 heavy (non-hydrogen) atoms. The molecule has 1 aliphatic rings. The van der Waals surface area contributed by atoms with Crippen molar-refractivity contribution in [3.8, 4) is 17.2 Å². The number of hydrogen-bond donors (Lipinski definition) is 0. The summed E-state index contributed by atoms with van der Waals surface area (Å²) in [6, 6.07) is 0. The molecule has 8 nitrogen and oxygen atoms in total. The van der Waals surface area contributed by atoms with E-state index in [1.165, 1.54) is 0 Å². The van der Waals surface area contributed by atoms with Crippen LogP contribution in [0.2, 0.25) is 12.6 Å². The van der Waals surface area contributed by atoms with Crippen molar-refractivity contribution in [2.24, 2.45) is 13.0 Å². The van der Waals surface area contributed by atoms with E-state index in [-0.39, 0.29) is 11.7 Å². The molecule has 1 saturated heterocycles. The molecule has 0 aromatic carbocycles. The third kappa shape index (κ3) is 3.54. The molecule has 0 saturated carbocycles. The Labute approximate surface area is 164 Å². The number of nitrogens with zero attached hydrogens (tertiary/aromatic N) is 6. The van der Waals surface area contributed by atoms with Crippen LogP contribution in [0, 0.1) is 17.1 Å². The summed E-state index contributed by atoms with van der Waals surface area (Å²) in [5.74, 6) is 2.71. The van der Waals surface area contributed by atoms with Crippen LogP contribution in [-0.4, -0.2) is 45.5 Å². The summed E-state index contributed by atoms with van der Waals surface area (Å²) in [6.45, 7) is 0.0797. The first kappa shape index (κ1) is 18.7. The van der Waals surface area contributed by atoms with E-state index >= 15 is 0 Å². The maximum atomic E-state index is 12.4. The van der Waals surface area contributed by atoms with E-state index < -0.39 is 9.84 Å². The molecule has 10 heteroatoms. The zero-order chi connectivity index (χ0) is 19.9. The fraction of sp³-hybridized carbons (Fsp3) is 0.444. The lowest BCUT2D eigenvalue weighted by Crippen LogP contribution is -2.23. The Bertz CT molecular complexity index is 1180. The van der Waals surface area contributed by atoms with Crippen LogP contribution >= 0.6 is 0 Å². The van der Waals surface area contributed by atoms with Gasteiger partial charge in [-0.25, -0.2) is 23.6 Å². The minimum Gasteiger partial charge on any atom is -0.295 e. The van der Waals surface area contributed by atoms with Gasteiger partial charge in [-0.05, 0) is 12.3 Å². The molecule has 3 aromatic heterocycles. The first-order valence-corrected chi connectivity index (χ1v) is 11.2.